The third-order valence-electron chi connectivity index (χ3n) is 7.17. The van der Waals surface area contributed by atoms with Crippen molar-refractivity contribution in [1.82, 2.24) is 5.32 Å². The molecule has 1 amide bonds. The highest BCUT2D eigenvalue weighted by molar-refractivity contribution is 5.83. The van der Waals surface area contributed by atoms with Gasteiger partial charge in [-0.05, 0) is 12.0 Å². The Balaban J connectivity index is 1.85. The Morgan fingerprint density at radius 2 is 1.03 bits per heavy atom. The zero-order valence-electron chi connectivity index (χ0n) is 23.3. The normalized spacial score (nSPS) is 11.9. The molecule has 0 aromatic heterocycles. The highest BCUT2D eigenvalue weighted by Crippen LogP contribution is 2.15. The summed E-state index contributed by atoms with van der Waals surface area (Å²) in [6.07, 6.45) is 27.4. The molecule has 1 rings (SSSR count). The second-order valence-electron chi connectivity index (χ2n) is 10.6. The van der Waals surface area contributed by atoms with E-state index in [0.29, 0.717) is 12.8 Å². The SMILES string of the molecule is CCCCCCCCCCCCCCCCCCCCCCC(=O)N[C@@H](Cc1ccccc1)C(=O)O. The first kappa shape index (κ1) is 32.2. The summed E-state index contributed by atoms with van der Waals surface area (Å²) in [5, 5.41) is 12.1. The van der Waals surface area contributed by atoms with Gasteiger partial charge in [0.15, 0.2) is 0 Å². The number of rotatable bonds is 25. The van der Waals surface area contributed by atoms with E-state index in [1.54, 1.807) is 0 Å². The van der Waals surface area contributed by atoms with Crippen LogP contribution in [0.5, 0.6) is 0 Å². The molecule has 1 aromatic carbocycles. The molecule has 1 aromatic rings. The third kappa shape index (κ3) is 19.4. The van der Waals surface area contributed by atoms with E-state index in [1.165, 1.54) is 109 Å². The predicted octanol–water partition coefficient (Wildman–Crippen LogP) is 9.01. The average Bonchev–Trinajstić information content (AvgIpc) is 2.87. The summed E-state index contributed by atoms with van der Waals surface area (Å²) in [6, 6.07) is 8.59. The highest BCUT2D eigenvalue weighted by Gasteiger charge is 2.19. The third-order valence-corrected chi connectivity index (χ3v) is 7.17. The topological polar surface area (TPSA) is 66.4 Å². The largest absolute Gasteiger partial charge is 0.480 e. The van der Waals surface area contributed by atoms with Gasteiger partial charge in [-0.15, -0.1) is 0 Å². The summed E-state index contributed by atoms with van der Waals surface area (Å²) in [5.74, 6) is -1.13. The van der Waals surface area contributed by atoms with Gasteiger partial charge in [0.05, 0.1) is 0 Å². The van der Waals surface area contributed by atoms with Gasteiger partial charge in [0.2, 0.25) is 5.91 Å². The zero-order valence-corrected chi connectivity index (χ0v) is 23.3. The second-order valence-corrected chi connectivity index (χ2v) is 10.6. The van der Waals surface area contributed by atoms with Gasteiger partial charge in [-0.25, -0.2) is 4.79 Å². The summed E-state index contributed by atoms with van der Waals surface area (Å²) in [5.41, 5.74) is 0.920. The molecular formula is C32H55NO3. The number of unbranched alkanes of at least 4 members (excludes halogenated alkanes) is 19. The highest BCUT2D eigenvalue weighted by atomic mass is 16.4. The lowest BCUT2D eigenvalue weighted by atomic mass is 10.0. The maximum Gasteiger partial charge on any atom is 0.326 e. The summed E-state index contributed by atoms with van der Waals surface area (Å²) in [7, 11) is 0. The summed E-state index contributed by atoms with van der Waals surface area (Å²) < 4.78 is 0. The van der Waals surface area contributed by atoms with Crippen molar-refractivity contribution in [1.29, 1.82) is 0 Å². The molecule has 0 unspecified atom stereocenters. The number of amides is 1. The maximum atomic E-state index is 12.2. The van der Waals surface area contributed by atoms with Crippen LogP contribution < -0.4 is 5.32 Å². The molecular weight excluding hydrogens is 446 g/mol. The van der Waals surface area contributed by atoms with E-state index >= 15 is 0 Å². The van der Waals surface area contributed by atoms with Crippen molar-refractivity contribution in [3.8, 4) is 0 Å². The van der Waals surface area contributed by atoms with Crippen LogP contribution in [0.1, 0.15) is 147 Å². The van der Waals surface area contributed by atoms with Gasteiger partial charge in [0.1, 0.15) is 6.04 Å². The fourth-order valence-corrected chi connectivity index (χ4v) is 4.86. The number of hydrogen-bond acceptors (Lipinski definition) is 2. The number of nitrogens with one attached hydrogen (secondary N) is 1. The Morgan fingerprint density at radius 1 is 0.639 bits per heavy atom. The number of carboxylic acids is 1. The molecule has 0 spiro atoms. The van der Waals surface area contributed by atoms with Crippen LogP contribution in [0.25, 0.3) is 0 Å². The van der Waals surface area contributed by atoms with Crippen LogP contribution in [0.4, 0.5) is 0 Å². The average molecular weight is 502 g/mol. The van der Waals surface area contributed by atoms with Gasteiger partial charge in [-0.3, -0.25) is 4.79 Å². The molecule has 4 nitrogen and oxygen atoms in total. The molecule has 0 saturated heterocycles. The van der Waals surface area contributed by atoms with Crippen LogP contribution in [-0.4, -0.2) is 23.0 Å². The van der Waals surface area contributed by atoms with Crippen LogP contribution in [0.15, 0.2) is 30.3 Å². The lowest BCUT2D eigenvalue weighted by molar-refractivity contribution is -0.141. The minimum Gasteiger partial charge on any atom is -0.480 e. The van der Waals surface area contributed by atoms with E-state index in [0.717, 1.165) is 24.8 Å². The number of carboxylic acid groups (broad SMARTS) is 1. The monoisotopic (exact) mass is 501 g/mol. The maximum absolute atomic E-state index is 12.2. The molecule has 0 saturated carbocycles. The fraction of sp³-hybridized carbons (Fsp3) is 0.750. The molecule has 2 N–H and O–H groups in total. The molecule has 0 aliphatic rings. The van der Waals surface area contributed by atoms with Crippen molar-refractivity contribution in [3.05, 3.63) is 35.9 Å². The Morgan fingerprint density at radius 3 is 1.42 bits per heavy atom. The van der Waals surface area contributed by atoms with Crippen molar-refractivity contribution in [2.45, 2.75) is 154 Å². The zero-order chi connectivity index (χ0) is 26.1. The molecule has 0 bridgehead atoms. The molecule has 1 atom stereocenters. The van der Waals surface area contributed by atoms with Crippen molar-refractivity contribution in [2.24, 2.45) is 0 Å². The predicted molar refractivity (Wildman–Crippen MR) is 152 cm³/mol. The quantitative estimate of drug-likeness (QED) is 0.131. The molecule has 0 aliphatic heterocycles. The van der Waals surface area contributed by atoms with Crippen LogP contribution in [-0.2, 0) is 16.0 Å². The standard InChI is InChI=1S/C32H55NO3/c1-2-3-4-5-6-7-8-9-10-11-12-13-14-15-16-17-18-19-20-24-27-31(34)33-30(32(35)36)28-29-25-22-21-23-26-29/h21-23,25-26,30H,2-20,24,27-28H2,1H3,(H,33,34)(H,35,36)/t30-/m0/s1. The number of benzene rings is 1. The van der Waals surface area contributed by atoms with Crippen molar-refractivity contribution in [3.63, 3.8) is 0 Å². The minimum atomic E-state index is -0.976. The van der Waals surface area contributed by atoms with Crippen molar-refractivity contribution >= 4 is 11.9 Å². The van der Waals surface area contributed by atoms with Gasteiger partial charge in [-0.2, -0.15) is 0 Å². The summed E-state index contributed by atoms with van der Waals surface area (Å²) in [4.78, 5) is 23.6. The Hall–Kier alpha value is -1.84. The lowest BCUT2D eigenvalue weighted by Crippen LogP contribution is -2.42. The lowest BCUT2D eigenvalue weighted by Gasteiger charge is -2.14. The van der Waals surface area contributed by atoms with Gasteiger partial charge >= 0.3 is 5.97 Å². The number of carbonyl (C=O) groups is 2. The Labute approximate surface area is 222 Å². The van der Waals surface area contributed by atoms with Gasteiger partial charge < -0.3 is 10.4 Å². The van der Waals surface area contributed by atoms with Crippen LogP contribution in [0.3, 0.4) is 0 Å². The molecule has 0 heterocycles. The molecule has 4 heteroatoms. The molecule has 0 aliphatic carbocycles. The number of carbonyl (C=O) groups excluding carboxylic acids is 1. The van der Waals surface area contributed by atoms with Crippen molar-refractivity contribution < 1.29 is 14.7 Å². The fourth-order valence-electron chi connectivity index (χ4n) is 4.86. The van der Waals surface area contributed by atoms with E-state index in [2.05, 4.69) is 12.2 Å². The van der Waals surface area contributed by atoms with E-state index < -0.39 is 12.0 Å². The van der Waals surface area contributed by atoms with Crippen LogP contribution >= 0.6 is 0 Å². The van der Waals surface area contributed by atoms with Crippen LogP contribution in [0.2, 0.25) is 0 Å². The first-order chi connectivity index (χ1) is 17.6. The number of hydrogen-bond donors (Lipinski definition) is 2. The van der Waals surface area contributed by atoms with Gasteiger partial charge in [0.25, 0.3) is 0 Å². The van der Waals surface area contributed by atoms with E-state index in [4.69, 9.17) is 0 Å². The number of aliphatic carboxylic acids is 1. The molecule has 36 heavy (non-hydrogen) atoms. The Bertz CT molecular complexity index is 646. The van der Waals surface area contributed by atoms with E-state index in [-0.39, 0.29) is 5.91 Å². The smallest absolute Gasteiger partial charge is 0.326 e. The molecule has 0 fully saturated rings. The van der Waals surface area contributed by atoms with E-state index in [9.17, 15) is 14.7 Å². The summed E-state index contributed by atoms with van der Waals surface area (Å²) >= 11 is 0. The van der Waals surface area contributed by atoms with Crippen molar-refractivity contribution in [2.75, 3.05) is 0 Å². The first-order valence-electron chi connectivity index (χ1n) is 15.2. The second kappa shape index (κ2) is 23.6. The van der Waals surface area contributed by atoms with Gasteiger partial charge in [-0.1, -0.05) is 159 Å². The van der Waals surface area contributed by atoms with E-state index in [1.807, 2.05) is 30.3 Å². The first-order valence-corrected chi connectivity index (χ1v) is 15.2. The molecule has 206 valence electrons. The Kier molecular flexibility index (Phi) is 21.1. The summed E-state index contributed by atoms with van der Waals surface area (Å²) in [6.45, 7) is 2.28. The minimum absolute atomic E-state index is 0.152. The van der Waals surface area contributed by atoms with Crippen LogP contribution in [0, 0.1) is 0 Å². The molecule has 0 radical (unpaired) electrons. The van der Waals surface area contributed by atoms with Gasteiger partial charge in [0, 0.05) is 12.8 Å².